The van der Waals surface area contributed by atoms with Gasteiger partial charge in [-0.15, -0.1) is 10.2 Å². The van der Waals surface area contributed by atoms with Crippen LogP contribution >= 0.6 is 0 Å². The summed E-state index contributed by atoms with van der Waals surface area (Å²) in [5.41, 5.74) is 3.77. The molecule has 0 bridgehead atoms. The smallest absolute Gasteiger partial charge is 0.160 e. The van der Waals surface area contributed by atoms with E-state index in [4.69, 9.17) is 15.0 Å². The van der Waals surface area contributed by atoms with Crippen LogP contribution < -0.4 is 4.90 Å². The van der Waals surface area contributed by atoms with Gasteiger partial charge in [0.05, 0.1) is 0 Å². The summed E-state index contributed by atoms with van der Waals surface area (Å²) < 4.78 is 2.34. The normalized spacial score (nSPS) is 20.8. The fourth-order valence-corrected chi connectivity index (χ4v) is 5.24. The molecule has 162 valence electrons. The zero-order chi connectivity index (χ0) is 21.1. The predicted molar refractivity (Wildman–Crippen MR) is 122 cm³/mol. The highest BCUT2D eigenvalue weighted by Gasteiger charge is 2.29. The second kappa shape index (κ2) is 7.12. The molecule has 8 nitrogen and oxygen atoms in total. The van der Waals surface area contributed by atoms with E-state index in [0.29, 0.717) is 11.8 Å². The summed E-state index contributed by atoms with van der Waals surface area (Å²) in [5.74, 6) is 5.14. The Bertz CT molecular complexity index is 1300. The Morgan fingerprint density at radius 2 is 1.84 bits per heavy atom. The molecule has 6 heterocycles. The summed E-state index contributed by atoms with van der Waals surface area (Å²) in [5, 5.41) is 8.97. The molecule has 4 aromatic rings. The van der Waals surface area contributed by atoms with Crippen molar-refractivity contribution in [3.63, 3.8) is 0 Å². The lowest BCUT2D eigenvalue weighted by atomic mass is 9.97. The fraction of sp³-hybridized carbons (Fsp3) is 0.458. The topological polar surface area (TPSA) is 88.4 Å². The van der Waals surface area contributed by atoms with E-state index in [1.807, 2.05) is 6.07 Å². The average Bonchev–Trinajstić information content (AvgIpc) is 3.24. The van der Waals surface area contributed by atoms with Gasteiger partial charge in [0.15, 0.2) is 11.5 Å². The van der Waals surface area contributed by atoms with Crippen LogP contribution in [0, 0.1) is 0 Å². The molecule has 1 saturated carbocycles. The van der Waals surface area contributed by atoms with Crippen LogP contribution in [0.4, 0.5) is 5.82 Å². The van der Waals surface area contributed by atoms with E-state index in [-0.39, 0.29) is 0 Å². The third-order valence-electron chi connectivity index (χ3n) is 7.09. The number of hydrogen-bond acceptors (Lipinski definition) is 6. The lowest BCUT2D eigenvalue weighted by Gasteiger charge is -2.33. The lowest BCUT2D eigenvalue weighted by molar-refractivity contribution is 0.471. The van der Waals surface area contributed by atoms with Crippen molar-refractivity contribution in [3.8, 4) is 11.5 Å². The number of pyridine rings is 2. The van der Waals surface area contributed by atoms with Crippen LogP contribution in [0.3, 0.4) is 0 Å². The van der Waals surface area contributed by atoms with Crippen molar-refractivity contribution in [3.05, 3.63) is 47.7 Å². The highest BCUT2D eigenvalue weighted by Crippen LogP contribution is 2.39. The van der Waals surface area contributed by atoms with E-state index >= 15 is 0 Å². The second-order valence-electron chi connectivity index (χ2n) is 9.36. The van der Waals surface area contributed by atoms with Crippen LogP contribution in [0.1, 0.15) is 61.3 Å². The number of rotatable bonds is 4. The van der Waals surface area contributed by atoms with Crippen LogP contribution in [-0.2, 0) is 13.0 Å². The van der Waals surface area contributed by atoms with E-state index in [0.717, 1.165) is 79.0 Å². The molecular weight excluding hydrogens is 400 g/mol. The molecule has 1 N–H and O–H groups in total. The van der Waals surface area contributed by atoms with Gasteiger partial charge in [-0.25, -0.2) is 15.0 Å². The number of piperidine rings is 1. The highest BCUT2D eigenvalue weighted by atomic mass is 15.3. The van der Waals surface area contributed by atoms with Gasteiger partial charge in [-0.1, -0.05) is 6.07 Å². The minimum atomic E-state index is 0.410. The number of aromatic amines is 1. The van der Waals surface area contributed by atoms with Crippen molar-refractivity contribution >= 4 is 17.0 Å². The zero-order valence-corrected chi connectivity index (χ0v) is 18.0. The number of aromatic nitrogens is 7. The van der Waals surface area contributed by atoms with Crippen molar-refractivity contribution in [2.24, 2.45) is 0 Å². The maximum atomic E-state index is 4.94. The molecule has 2 fully saturated rings. The summed E-state index contributed by atoms with van der Waals surface area (Å²) in [6, 6.07) is 10.4. The van der Waals surface area contributed by atoms with Gasteiger partial charge in [-0.05, 0) is 56.4 Å². The fourth-order valence-electron chi connectivity index (χ4n) is 5.24. The number of imidazole rings is 1. The number of nitrogens with zero attached hydrogens (tertiary/aromatic N) is 7. The van der Waals surface area contributed by atoms with Gasteiger partial charge < -0.3 is 14.5 Å². The molecule has 0 unspecified atom stereocenters. The molecule has 1 saturated heterocycles. The average molecular weight is 427 g/mol. The Morgan fingerprint density at radius 1 is 0.875 bits per heavy atom. The van der Waals surface area contributed by atoms with Gasteiger partial charge >= 0.3 is 0 Å². The predicted octanol–water partition coefficient (Wildman–Crippen LogP) is 3.82. The Hall–Kier alpha value is -3.29. The van der Waals surface area contributed by atoms with Gasteiger partial charge in [0, 0.05) is 43.6 Å². The quantitative estimate of drug-likeness (QED) is 0.534. The Kier molecular flexibility index (Phi) is 4.07. The molecular formula is C24H26N8. The van der Waals surface area contributed by atoms with E-state index in [2.05, 4.69) is 48.9 Å². The maximum Gasteiger partial charge on any atom is 0.160 e. The van der Waals surface area contributed by atoms with E-state index in [1.165, 1.54) is 25.0 Å². The summed E-state index contributed by atoms with van der Waals surface area (Å²) in [4.78, 5) is 20.3. The number of H-pyrrole nitrogens is 1. The Labute approximate surface area is 186 Å². The van der Waals surface area contributed by atoms with E-state index in [9.17, 15) is 0 Å². The molecule has 0 spiro atoms. The van der Waals surface area contributed by atoms with E-state index < -0.39 is 0 Å². The summed E-state index contributed by atoms with van der Waals surface area (Å²) >= 11 is 0. The molecule has 3 aliphatic rings. The number of hydrogen-bond donors (Lipinski definition) is 1. The highest BCUT2D eigenvalue weighted by molar-refractivity contribution is 5.77. The van der Waals surface area contributed by atoms with Crippen LogP contribution in [0.2, 0.25) is 0 Å². The minimum Gasteiger partial charge on any atom is -0.356 e. The molecule has 1 atom stereocenters. The molecule has 4 aromatic heterocycles. The first kappa shape index (κ1) is 18.3. The standard InChI is InChI=1S/C24H26N8/c1-5-17(15-8-9-15)25-18(6-1)22-26-19-10-11-20(27-23(19)28-22)31-12-2-4-16(14-31)24-30-29-21-7-3-13-32(21)24/h1,5-6,10-11,15-16H,2-4,7-9,12-14H2,(H,26,27,28)/t16-/m0/s1. The SMILES string of the molecule is c1cc(-c2nc3ccc(N4CCC[C@H](c5nnc6n5CCC6)C4)nc3[nH]2)nc(C2CC2)c1. The number of nitrogens with one attached hydrogen (secondary N) is 1. The van der Waals surface area contributed by atoms with Crippen molar-refractivity contribution in [1.29, 1.82) is 0 Å². The first-order valence-electron chi connectivity index (χ1n) is 11.8. The van der Waals surface area contributed by atoms with Crippen molar-refractivity contribution in [1.82, 2.24) is 34.7 Å². The summed E-state index contributed by atoms with van der Waals surface area (Å²) in [7, 11) is 0. The molecule has 0 aromatic carbocycles. The van der Waals surface area contributed by atoms with Crippen molar-refractivity contribution in [2.45, 2.75) is 56.9 Å². The number of anilines is 1. The molecule has 1 aliphatic carbocycles. The third kappa shape index (κ3) is 3.08. The van der Waals surface area contributed by atoms with Crippen LogP contribution in [-0.4, -0.2) is 47.8 Å². The van der Waals surface area contributed by atoms with E-state index in [1.54, 1.807) is 0 Å². The molecule has 32 heavy (non-hydrogen) atoms. The first-order valence-corrected chi connectivity index (χ1v) is 11.8. The van der Waals surface area contributed by atoms with Crippen LogP contribution in [0.5, 0.6) is 0 Å². The zero-order valence-electron chi connectivity index (χ0n) is 18.0. The number of fused-ring (bicyclic) bond motifs is 2. The monoisotopic (exact) mass is 426 g/mol. The Balaban J connectivity index is 1.16. The third-order valence-corrected chi connectivity index (χ3v) is 7.09. The summed E-state index contributed by atoms with van der Waals surface area (Å²) in [6.45, 7) is 3.01. The van der Waals surface area contributed by atoms with Gasteiger partial charge in [-0.2, -0.15) is 0 Å². The molecule has 2 aliphatic heterocycles. The second-order valence-corrected chi connectivity index (χ2v) is 9.36. The minimum absolute atomic E-state index is 0.410. The van der Waals surface area contributed by atoms with Gasteiger partial charge in [0.1, 0.15) is 28.7 Å². The molecule has 0 amide bonds. The van der Waals surface area contributed by atoms with Crippen molar-refractivity contribution < 1.29 is 0 Å². The molecule has 0 radical (unpaired) electrons. The molecule has 8 heteroatoms. The first-order chi connectivity index (χ1) is 15.8. The van der Waals surface area contributed by atoms with Crippen molar-refractivity contribution in [2.75, 3.05) is 18.0 Å². The lowest BCUT2D eigenvalue weighted by Crippen LogP contribution is -2.35. The maximum absolute atomic E-state index is 4.94. The van der Waals surface area contributed by atoms with Crippen LogP contribution in [0.25, 0.3) is 22.7 Å². The van der Waals surface area contributed by atoms with Gasteiger partial charge in [-0.3, -0.25) is 0 Å². The Morgan fingerprint density at radius 3 is 2.78 bits per heavy atom. The summed E-state index contributed by atoms with van der Waals surface area (Å²) in [6.07, 6.45) is 7.04. The van der Waals surface area contributed by atoms with Gasteiger partial charge in [0.2, 0.25) is 0 Å². The molecule has 7 rings (SSSR count). The van der Waals surface area contributed by atoms with Crippen LogP contribution in [0.15, 0.2) is 30.3 Å². The van der Waals surface area contributed by atoms with Gasteiger partial charge in [0.25, 0.3) is 0 Å². The largest absolute Gasteiger partial charge is 0.356 e. The number of aryl methyl sites for hydroxylation is 1.